The first-order chi connectivity index (χ1) is 10.4. The quantitative estimate of drug-likeness (QED) is 0.830. The van der Waals surface area contributed by atoms with E-state index in [1.54, 1.807) is 0 Å². The SMILES string of the molecule is C[C@@H]1C[C@H](C)CN(S(=O)(=O)NC[C@H](O)Cc2ccccc2)C1. The maximum absolute atomic E-state index is 12.3. The third-order valence-electron chi connectivity index (χ3n) is 3.99. The van der Waals surface area contributed by atoms with Gasteiger partial charge in [0.15, 0.2) is 0 Å². The Morgan fingerprint density at radius 3 is 2.41 bits per heavy atom. The molecule has 0 amide bonds. The van der Waals surface area contributed by atoms with Crippen LogP contribution in [0.5, 0.6) is 0 Å². The normalized spacial score (nSPS) is 25.0. The number of aliphatic hydroxyl groups is 1. The van der Waals surface area contributed by atoms with Crippen LogP contribution in [0.15, 0.2) is 30.3 Å². The van der Waals surface area contributed by atoms with Crippen LogP contribution in [-0.2, 0) is 16.6 Å². The summed E-state index contributed by atoms with van der Waals surface area (Å²) in [5, 5.41) is 10.0. The lowest BCUT2D eigenvalue weighted by Crippen LogP contribution is -2.49. The van der Waals surface area contributed by atoms with Crippen molar-refractivity contribution in [2.45, 2.75) is 32.8 Å². The highest BCUT2D eigenvalue weighted by molar-refractivity contribution is 7.87. The molecule has 1 aliphatic heterocycles. The standard InChI is InChI=1S/C16H26N2O3S/c1-13-8-14(2)12-18(11-13)22(20,21)17-10-16(19)9-15-6-4-3-5-7-15/h3-7,13-14,16-17,19H,8-12H2,1-2H3/t13-,14+,16-/m1/s1. The molecule has 2 N–H and O–H groups in total. The highest BCUT2D eigenvalue weighted by Crippen LogP contribution is 2.22. The molecule has 1 aromatic carbocycles. The van der Waals surface area contributed by atoms with Crippen molar-refractivity contribution >= 4 is 10.2 Å². The lowest BCUT2D eigenvalue weighted by Gasteiger charge is -2.34. The van der Waals surface area contributed by atoms with Gasteiger partial charge < -0.3 is 5.11 Å². The number of aliphatic hydroxyl groups excluding tert-OH is 1. The Hall–Kier alpha value is -0.950. The average Bonchev–Trinajstić information content (AvgIpc) is 2.45. The number of nitrogens with one attached hydrogen (secondary N) is 1. The Kier molecular flexibility index (Phi) is 5.97. The molecule has 1 saturated heterocycles. The van der Waals surface area contributed by atoms with Crippen LogP contribution in [0.2, 0.25) is 0 Å². The zero-order chi connectivity index (χ0) is 16.2. The molecule has 6 heteroatoms. The van der Waals surface area contributed by atoms with Gasteiger partial charge in [0.2, 0.25) is 0 Å². The van der Waals surface area contributed by atoms with Gasteiger partial charge in [-0.05, 0) is 30.2 Å². The largest absolute Gasteiger partial charge is 0.391 e. The molecule has 0 saturated carbocycles. The summed E-state index contributed by atoms with van der Waals surface area (Å²) in [4.78, 5) is 0. The molecule has 0 bridgehead atoms. The summed E-state index contributed by atoms with van der Waals surface area (Å²) in [5.41, 5.74) is 0.995. The van der Waals surface area contributed by atoms with Crippen molar-refractivity contribution in [1.82, 2.24) is 9.03 Å². The van der Waals surface area contributed by atoms with Crippen molar-refractivity contribution in [1.29, 1.82) is 0 Å². The number of nitrogens with zero attached hydrogens (tertiary/aromatic N) is 1. The molecule has 1 aliphatic rings. The summed E-state index contributed by atoms with van der Waals surface area (Å²) >= 11 is 0. The molecule has 1 fully saturated rings. The van der Waals surface area contributed by atoms with Crippen molar-refractivity contribution in [3.63, 3.8) is 0 Å². The number of hydrogen-bond donors (Lipinski definition) is 2. The second-order valence-electron chi connectivity index (χ2n) is 6.46. The third-order valence-corrected chi connectivity index (χ3v) is 5.50. The summed E-state index contributed by atoms with van der Waals surface area (Å²) in [5.74, 6) is 0.740. The third kappa shape index (κ3) is 5.05. The van der Waals surface area contributed by atoms with Gasteiger partial charge in [-0.1, -0.05) is 44.2 Å². The zero-order valence-corrected chi connectivity index (χ0v) is 14.1. The Balaban J connectivity index is 1.86. The number of piperidine rings is 1. The van der Waals surface area contributed by atoms with Crippen LogP contribution in [0.4, 0.5) is 0 Å². The molecular weight excluding hydrogens is 300 g/mol. The molecule has 124 valence electrons. The summed E-state index contributed by atoms with van der Waals surface area (Å²) in [6.45, 7) is 5.28. The van der Waals surface area contributed by atoms with Crippen LogP contribution in [0.1, 0.15) is 25.8 Å². The average molecular weight is 326 g/mol. The smallest absolute Gasteiger partial charge is 0.279 e. The van der Waals surface area contributed by atoms with Gasteiger partial charge in [0.1, 0.15) is 0 Å². The fourth-order valence-corrected chi connectivity index (χ4v) is 4.54. The zero-order valence-electron chi connectivity index (χ0n) is 13.3. The van der Waals surface area contributed by atoms with Gasteiger partial charge in [-0.25, -0.2) is 0 Å². The predicted molar refractivity (Wildman–Crippen MR) is 87.6 cm³/mol. The molecule has 2 rings (SSSR count). The van der Waals surface area contributed by atoms with Gasteiger partial charge in [0, 0.05) is 19.6 Å². The van der Waals surface area contributed by atoms with E-state index in [9.17, 15) is 13.5 Å². The Morgan fingerprint density at radius 2 is 1.82 bits per heavy atom. The van der Waals surface area contributed by atoms with Crippen LogP contribution in [0.25, 0.3) is 0 Å². The van der Waals surface area contributed by atoms with Gasteiger partial charge in [-0.15, -0.1) is 0 Å². The maximum atomic E-state index is 12.3. The maximum Gasteiger partial charge on any atom is 0.279 e. The van der Waals surface area contributed by atoms with Gasteiger partial charge >= 0.3 is 0 Å². The second kappa shape index (κ2) is 7.55. The molecule has 0 spiro atoms. The van der Waals surface area contributed by atoms with Crippen LogP contribution in [-0.4, -0.2) is 43.6 Å². The van der Waals surface area contributed by atoms with E-state index >= 15 is 0 Å². The van der Waals surface area contributed by atoms with Gasteiger partial charge in [0.25, 0.3) is 10.2 Å². The molecule has 3 atom stereocenters. The van der Waals surface area contributed by atoms with Crippen molar-refractivity contribution in [3.05, 3.63) is 35.9 Å². The second-order valence-corrected chi connectivity index (χ2v) is 8.22. The van der Waals surface area contributed by atoms with Crippen LogP contribution in [0, 0.1) is 11.8 Å². The fraction of sp³-hybridized carbons (Fsp3) is 0.625. The van der Waals surface area contributed by atoms with Crippen LogP contribution < -0.4 is 4.72 Å². The van der Waals surface area contributed by atoms with E-state index in [1.807, 2.05) is 30.3 Å². The molecule has 5 nitrogen and oxygen atoms in total. The minimum atomic E-state index is -3.51. The van der Waals surface area contributed by atoms with E-state index in [4.69, 9.17) is 0 Å². The van der Waals surface area contributed by atoms with Gasteiger partial charge in [-0.3, -0.25) is 0 Å². The lowest BCUT2D eigenvalue weighted by atomic mass is 9.94. The van der Waals surface area contributed by atoms with Crippen LogP contribution in [0.3, 0.4) is 0 Å². The highest BCUT2D eigenvalue weighted by atomic mass is 32.2. The first-order valence-corrected chi connectivity index (χ1v) is 9.27. The van der Waals surface area contributed by atoms with Gasteiger partial charge in [-0.2, -0.15) is 17.4 Å². The number of benzene rings is 1. The first-order valence-electron chi connectivity index (χ1n) is 7.83. The van der Waals surface area contributed by atoms with Crippen LogP contribution >= 0.6 is 0 Å². The molecule has 0 aliphatic carbocycles. The summed E-state index contributed by atoms with van der Waals surface area (Å²) in [7, 11) is -3.51. The van der Waals surface area contributed by atoms with Crippen molar-refractivity contribution in [3.8, 4) is 0 Å². The van der Waals surface area contributed by atoms with Crippen molar-refractivity contribution < 1.29 is 13.5 Å². The Morgan fingerprint density at radius 1 is 1.23 bits per heavy atom. The molecule has 1 aromatic rings. The van der Waals surface area contributed by atoms with E-state index in [-0.39, 0.29) is 6.54 Å². The minimum Gasteiger partial charge on any atom is -0.391 e. The monoisotopic (exact) mass is 326 g/mol. The fourth-order valence-electron chi connectivity index (χ4n) is 3.05. The Labute approximate surface area is 133 Å². The molecule has 0 aromatic heterocycles. The molecule has 1 heterocycles. The minimum absolute atomic E-state index is 0.0382. The Bertz CT molecular complexity index is 552. The molecule has 0 unspecified atom stereocenters. The van der Waals surface area contributed by atoms with E-state index in [0.29, 0.717) is 31.3 Å². The van der Waals surface area contributed by atoms with E-state index in [0.717, 1.165) is 12.0 Å². The summed E-state index contributed by atoms with van der Waals surface area (Å²) in [6, 6.07) is 9.57. The van der Waals surface area contributed by atoms with E-state index in [2.05, 4.69) is 18.6 Å². The topological polar surface area (TPSA) is 69.6 Å². The molecule has 0 radical (unpaired) electrons. The predicted octanol–water partition coefficient (Wildman–Crippen LogP) is 1.40. The summed E-state index contributed by atoms with van der Waals surface area (Å²) in [6.07, 6.45) is 0.774. The van der Waals surface area contributed by atoms with Crippen molar-refractivity contribution in [2.75, 3.05) is 19.6 Å². The van der Waals surface area contributed by atoms with E-state index in [1.165, 1.54) is 4.31 Å². The molecular formula is C16H26N2O3S. The number of rotatable bonds is 6. The summed E-state index contributed by atoms with van der Waals surface area (Å²) < 4.78 is 28.7. The lowest BCUT2D eigenvalue weighted by molar-refractivity contribution is 0.175. The van der Waals surface area contributed by atoms with Crippen molar-refractivity contribution in [2.24, 2.45) is 11.8 Å². The highest BCUT2D eigenvalue weighted by Gasteiger charge is 2.30. The van der Waals surface area contributed by atoms with Gasteiger partial charge in [0.05, 0.1) is 6.10 Å². The first kappa shape index (κ1) is 17.4. The molecule has 22 heavy (non-hydrogen) atoms. The van der Waals surface area contributed by atoms with E-state index < -0.39 is 16.3 Å². The number of hydrogen-bond acceptors (Lipinski definition) is 3.